The lowest BCUT2D eigenvalue weighted by Crippen LogP contribution is -2.56. The van der Waals surface area contributed by atoms with E-state index in [1.807, 2.05) is 0 Å². The summed E-state index contributed by atoms with van der Waals surface area (Å²) in [4.78, 5) is 0. The van der Waals surface area contributed by atoms with Crippen LogP contribution in [0.1, 0.15) is 295 Å². The molecule has 0 N–H and O–H groups in total. The summed E-state index contributed by atoms with van der Waals surface area (Å²) in [6, 6.07) is 0. The summed E-state index contributed by atoms with van der Waals surface area (Å²) in [5, 5.41) is 0. The minimum Gasteiger partial charge on any atom is -0.0530 e. The van der Waals surface area contributed by atoms with Crippen molar-refractivity contribution < 1.29 is 0 Å². The summed E-state index contributed by atoms with van der Waals surface area (Å²) < 4.78 is 0. The van der Waals surface area contributed by atoms with Crippen molar-refractivity contribution in [2.75, 3.05) is 0 Å². The van der Waals surface area contributed by atoms with E-state index in [0.717, 1.165) is 166 Å². The van der Waals surface area contributed by atoms with Gasteiger partial charge in [-0.05, 0) is 294 Å². The Bertz CT molecular complexity index is 1620. The molecule has 15 aliphatic carbocycles. The molecule has 0 aromatic rings. The molecule has 0 nitrogen and oxygen atoms in total. The monoisotopic (exact) mass is 1010 g/mol. The largest absolute Gasteiger partial charge is 0.0530 e. The van der Waals surface area contributed by atoms with Crippen LogP contribution in [0.2, 0.25) is 0 Å². The van der Waals surface area contributed by atoms with Crippen LogP contribution in [0.15, 0.2) is 0 Å². The molecular weight excluding hydrogens is 889 g/mol. The summed E-state index contributed by atoms with van der Waals surface area (Å²) in [7, 11) is 0. The Balaban J connectivity index is 0.785. The van der Waals surface area contributed by atoms with Crippen LogP contribution in [0.5, 0.6) is 0 Å². The first-order valence-electron chi connectivity index (χ1n) is 36.7. The van der Waals surface area contributed by atoms with Crippen molar-refractivity contribution in [2.45, 2.75) is 295 Å². The minimum absolute atomic E-state index is 1.09. The van der Waals surface area contributed by atoms with Gasteiger partial charge in [0.1, 0.15) is 0 Å². The van der Waals surface area contributed by atoms with Crippen LogP contribution in [-0.4, -0.2) is 0 Å². The molecule has 15 saturated carbocycles. The SMILES string of the molecule is C1CCC2C(C1)CCCC2C1CC(C2C3CCCCC3CC3CCCCC32)CC(C2C3CCCCC3C(C3CC(C4CCCC5CCCCC54)CC(C4C5CCCCC5CC5CCCCC54)C3)C3CCCCC32)C1. The van der Waals surface area contributed by atoms with Crippen molar-refractivity contribution in [1.82, 2.24) is 0 Å². The van der Waals surface area contributed by atoms with E-state index < -0.39 is 0 Å². The number of rotatable bonds is 6. The van der Waals surface area contributed by atoms with Gasteiger partial charge in [0, 0.05) is 0 Å². The Hall–Kier alpha value is 0. The highest BCUT2D eigenvalue weighted by molar-refractivity contribution is 5.09. The molecule has 0 saturated heterocycles. The first-order valence-corrected chi connectivity index (χ1v) is 36.7. The van der Waals surface area contributed by atoms with Gasteiger partial charge in [0.05, 0.1) is 0 Å². The average molecular weight is 1010 g/mol. The number of fused-ring (bicyclic) bond motifs is 8. The van der Waals surface area contributed by atoms with Crippen molar-refractivity contribution in [3.63, 3.8) is 0 Å². The highest BCUT2D eigenvalue weighted by Gasteiger charge is 2.60. The molecule has 0 radical (unpaired) electrons. The number of hydrogen-bond acceptors (Lipinski definition) is 0. The lowest BCUT2D eigenvalue weighted by atomic mass is 9.42. The summed E-state index contributed by atoms with van der Waals surface area (Å²) in [5.74, 6) is 31.2. The fourth-order valence-corrected chi connectivity index (χ4v) is 29.3. The second-order valence-electron chi connectivity index (χ2n) is 33.4. The second-order valence-corrected chi connectivity index (χ2v) is 33.4. The van der Waals surface area contributed by atoms with E-state index in [4.69, 9.17) is 0 Å². The highest BCUT2D eigenvalue weighted by atomic mass is 14.7. The molecule has 15 aliphatic rings. The molecule has 24 atom stereocenters. The van der Waals surface area contributed by atoms with E-state index in [0.29, 0.717) is 0 Å². The second kappa shape index (κ2) is 22.4. The molecule has 0 heteroatoms. The van der Waals surface area contributed by atoms with E-state index in [9.17, 15) is 0 Å². The predicted molar refractivity (Wildman–Crippen MR) is 310 cm³/mol. The molecule has 0 heterocycles. The van der Waals surface area contributed by atoms with Gasteiger partial charge in [-0.2, -0.15) is 0 Å². The van der Waals surface area contributed by atoms with Crippen molar-refractivity contribution in [3.05, 3.63) is 0 Å². The van der Waals surface area contributed by atoms with Gasteiger partial charge in [-0.3, -0.25) is 0 Å². The molecule has 74 heavy (non-hydrogen) atoms. The summed E-state index contributed by atoms with van der Waals surface area (Å²) in [6.07, 6.45) is 75.2. The van der Waals surface area contributed by atoms with Gasteiger partial charge in [-0.25, -0.2) is 0 Å². The van der Waals surface area contributed by atoms with Gasteiger partial charge in [0.25, 0.3) is 0 Å². The Morgan fingerprint density at radius 3 is 0.595 bits per heavy atom. The van der Waals surface area contributed by atoms with Crippen molar-refractivity contribution in [3.8, 4) is 0 Å². The van der Waals surface area contributed by atoms with Crippen molar-refractivity contribution in [2.24, 2.45) is 166 Å². The zero-order chi connectivity index (χ0) is 48.7. The molecule has 15 fully saturated rings. The van der Waals surface area contributed by atoms with E-state index in [-0.39, 0.29) is 0 Å². The van der Waals surface area contributed by atoms with Crippen LogP contribution < -0.4 is 0 Å². The maximum absolute atomic E-state index is 1.74. The van der Waals surface area contributed by atoms with Gasteiger partial charge >= 0.3 is 0 Å². The maximum Gasteiger partial charge on any atom is -0.0323 e. The van der Waals surface area contributed by atoms with Crippen molar-refractivity contribution in [1.29, 1.82) is 0 Å². The summed E-state index contributed by atoms with van der Waals surface area (Å²) >= 11 is 0. The normalized spacial score (nSPS) is 55.8. The van der Waals surface area contributed by atoms with Crippen LogP contribution in [0, 0.1) is 166 Å². The first kappa shape index (κ1) is 50.9. The molecule has 0 aromatic heterocycles. The highest BCUT2D eigenvalue weighted by Crippen LogP contribution is 2.68. The maximum atomic E-state index is 1.74. The zero-order valence-electron chi connectivity index (χ0n) is 48.7. The lowest BCUT2D eigenvalue weighted by Gasteiger charge is -2.63. The predicted octanol–water partition coefficient (Wildman–Crippen LogP) is 21.4. The van der Waals surface area contributed by atoms with Gasteiger partial charge in [-0.1, -0.05) is 167 Å². The van der Waals surface area contributed by atoms with E-state index in [2.05, 4.69) is 0 Å². The molecule has 0 aliphatic heterocycles. The van der Waals surface area contributed by atoms with Crippen LogP contribution in [0.3, 0.4) is 0 Å². The minimum atomic E-state index is 1.09. The van der Waals surface area contributed by atoms with Gasteiger partial charge in [0.2, 0.25) is 0 Å². The van der Waals surface area contributed by atoms with Crippen LogP contribution in [0.25, 0.3) is 0 Å². The Labute approximate surface area is 458 Å². The van der Waals surface area contributed by atoms with Crippen molar-refractivity contribution >= 4 is 0 Å². The van der Waals surface area contributed by atoms with E-state index in [1.54, 1.807) is 295 Å². The molecule has 0 spiro atoms. The molecule has 0 aromatic carbocycles. The lowest BCUT2D eigenvalue weighted by molar-refractivity contribution is -0.143. The Morgan fingerprint density at radius 2 is 0.284 bits per heavy atom. The molecule has 416 valence electrons. The van der Waals surface area contributed by atoms with Crippen LogP contribution >= 0.6 is 0 Å². The quantitative estimate of drug-likeness (QED) is 0.249. The summed E-state index contributed by atoms with van der Waals surface area (Å²) in [5.41, 5.74) is 0. The van der Waals surface area contributed by atoms with Crippen LogP contribution in [0.4, 0.5) is 0 Å². The van der Waals surface area contributed by atoms with E-state index in [1.165, 1.54) is 0 Å². The smallest absolute Gasteiger partial charge is 0.0323 e. The topological polar surface area (TPSA) is 0 Å². The number of hydrogen-bond donors (Lipinski definition) is 0. The third-order valence-electron chi connectivity index (χ3n) is 31.1. The van der Waals surface area contributed by atoms with Crippen LogP contribution in [-0.2, 0) is 0 Å². The third-order valence-corrected chi connectivity index (χ3v) is 31.1. The Morgan fingerprint density at radius 1 is 0.108 bits per heavy atom. The fourth-order valence-electron chi connectivity index (χ4n) is 29.3. The fraction of sp³-hybridized carbons (Fsp3) is 1.00. The van der Waals surface area contributed by atoms with Gasteiger partial charge in [-0.15, -0.1) is 0 Å². The standard InChI is InChI=1S/C74H120/c1-7-27-59-47(19-1)25-17-37-61(59)53-41-55(71-63-29-9-3-21-49(63)39-50-22-4-10-30-64(50)71)45-57(43-53)73-67-33-13-15-35-69(67)74(70-36-16-14-34-68(70)73)58-44-54(62-38-18-26-48-20-2-8-28-60(48)62)42-56(46-58)72-65-31-11-5-23-51(65)40-52-24-6-12-32-66(52)72/h47-74H,1-46H2. The molecule has 0 amide bonds. The molecular formula is C74H120. The molecule has 0 bridgehead atoms. The summed E-state index contributed by atoms with van der Waals surface area (Å²) in [6.45, 7) is 0. The van der Waals surface area contributed by atoms with Gasteiger partial charge < -0.3 is 0 Å². The zero-order valence-corrected chi connectivity index (χ0v) is 48.7. The third kappa shape index (κ3) is 9.45. The van der Waals surface area contributed by atoms with Gasteiger partial charge in [0.15, 0.2) is 0 Å². The first-order chi connectivity index (χ1) is 36.7. The molecule has 15 rings (SSSR count). The van der Waals surface area contributed by atoms with E-state index >= 15 is 0 Å². The molecule has 24 unspecified atom stereocenters. The Kier molecular flexibility index (Phi) is 15.4. The average Bonchev–Trinajstić information content (AvgIpc) is 3.47.